The highest BCUT2D eigenvalue weighted by atomic mass is 32.2. The number of thiophene rings is 1. The van der Waals surface area contributed by atoms with Gasteiger partial charge in [0.1, 0.15) is 9.96 Å². The summed E-state index contributed by atoms with van der Waals surface area (Å²) < 4.78 is 32.3. The van der Waals surface area contributed by atoms with E-state index in [1.807, 2.05) is 12.1 Å². The lowest BCUT2D eigenvalue weighted by Gasteiger charge is -2.21. The molecule has 0 atom stereocenters. The van der Waals surface area contributed by atoms with E-state index in [4.69, 9.17) is 4.74 Å². The van der Waals surface area contributed by atoms with Gasteiger partial charge in [0.2, 0.25) is 5.91 Å². The molecule has 6 nitrogen and oxygen atoms in total. The molecular weight excluding hydrogens is 384 g/mol. The smallest absolute Gasteiger partial charge is 0.250 e. The highest BCUT2D eigenvalue weighted by Gasteiger charge is 2.16. The summed E-state index contributed by atoms with van der Waals surface area (Å²) in [4.78, 5) is 12.0. The quantitative estimate of drug-likeness (QED) is 0.699. The predicted molar refractivity (Wildman–Crippen MR) is 107 cm³/mol. The van der Waals surface area contributed by atoms with Crippen LogP contribution < -0.4 is 14.8 Å². The van der Waals surface area contributed by atoms with E-state index in [1.54, 1.807) is 23.6 Å². The maximum Gasteiger partial charge on any atom is 0.250 e. The minimum atomic E-state index is -3.64. The molecule has 3 rings (SSSR count). The number of ether oxygens (including phenoxy) is 1. The molecule has 1 amide bonds. The zero-order valence-electron chi connectivity index (χ0n) is 15.0. The second-order valence-corrected chi connectivity index (χ2v) is 9.59. The van der Waals surface area contributed by atoms with Crippen LogP contribution in [-0.2, 0) is 14.8 Å². The molecule has 0 unspecified atom stereocenters. The summed E-state index contributed by atoms with van der Waals surface area (Å²) in [6.45, 7) is 0.413. The minimum absolute atomic E-state index is 0.190. The summed E-state index contributed by atoms with van der Waals surface area (Å²) in [5.41, 5.74) is 0.598. The van der Waals surface area contributed by atoms with Crippen molar-refractivity contribution in [3.05, 3.63) is 41.8 Å². The minimum Gasteiger partial charge on any atom is -0.493 e. The maximum absolute atomic E-state index is 12.0. The Kier molecular flexibility index (Phi) is 6.87. The van der Waals surface area contributed by atoms with Crippen LogP contribution in [0.2, 0.25) is 0 Å². The highest BCUT2D eigenvalue weighted by Crippen LogP contribution is 2.25. The summed E-state index contributed by atoms with van der Waals surface area (Å²) in [5.74, 6) is 0.984. The van der Waals surface area contributed by atoms with Crippen LogP contribution in [0.5, 0.6) is 5.75 Å². The molecule has 1 aromatic carbocycles. The van der Waals surface area contributed by atoms with E-state index in [1.165, 1.54) is 38.2 Å². The number of anilines is 1. The SMILES string of the molecule is O=C(CNS(=O)(=O)c1cccs1)Nc1ccc(OCC2CCCCC2)cc1. The molecular formula is C19H24N2O4S2. The standard InChI is InChI=1S/C19H24N2O4S2/c22-18(13-20-27(23,24)19-7-4-12-26-19)21-16-8-10-17(11-9-16)25-14-15-5-2-1-3-6-15/h4,7-12,15,20H,1-3,5-6,13-14H2,(H,21,22). The zero-order valence-corrected chi connectivity index (χ0v) is 16.7. The fourth-order valence-electron chi connectivity index (χ4n) is 3.06. The van der Waals surface area contributed by atoms with Gasteiger partial charge in [-0.3, -0.25) is 4.79 Å². The first kappa shape index (κ1) is 19.9. The van der Waals surface area contributed by atoms with Gasteiger partial charge in [-0.1, -0.05) is 25.3 Å². The Labute approximate surface area is 164 Å². The normalized spacial score (nSPS) is 15.4. The van der Waals surface area contributed by atoms with Crippen molar-refractivity contribution in [3.8, 4) is 5.75 Å². The summed E-state index contributed by atoms with van der Waals surface area (Å²) >= 11 is 1.11. The average molecular weight is 409 g/mol. The fourth-order valence-corrected chi connectivity index (χ4v) is 5.08. The van der Waals surface area contributed by atoms with Crippen molar-refractivity contribution >= 4 is 33.0 Å². The topological polar surface area (TPSA) is 84.5 Å². The van der Waals surface area contributed by atoms with Crippen LogP contribution in [0.4, 0.5) is 5.69 Å². The van der Waals surface area contributed by atoms with Crippen LogP contribution in [-0.4, -0.2) is 27.5 Å². The lowest BCUT2D eigenvalue weighted by atomic mass is 9.90. The van der Waals surface area contributed by atoms with Gasteiger partial charge in [0, 0.05) is 5.69 Å². The lowest BCUT2D eigenvalue weighted by Crippen LogP contribution is -2.32. The van der Waals surface area contributed by atoms with Crippen molar-refractivity contribution in [1.29, 1.82) is 0 Å². The third kappa shape index (κ3) is 6.05. The van der Waals surface area contributed by atoms with E-state index in [0.29, 0.717) is 11.6 Å². The third-order valence-electron chi connectivity index (χ3n) is 4.53. The van der Waals surface area contributed by atoms with Crippen LogP contribution in [0.1, 0.15) is 32.1 Å². The second-order valence-electron chi connectivity index (χ2n) is 6.64. The summed E-state index contributed by atoms with van der Waals surface area (Å²) in [6.07, 6.45) is 6.36. The number of sulfonamides is 1. The van der Waals surface area contributed by atoms with E-state index in [2.05, 4.69) is 10.0 Å². The molecule has 8 heteroatoms. The summed E-state index contributed by atoms with van der Waals surface area (Å²) in [5, 5.41) is 4.35. The molecule has 146 valence electrons. The second kappa shape index (κ2) is 9.34. The van der Waals surface area contributed by atoms with Gasteiger partial charge >= 0.3 is 0 Å². The van der Waals surface area contributed by atoms with E-state index < -0.39 is 15.9 Å². The molecule has 1 aliphatic rings. The van der Waals surface area contributed by atoms with E-state index in [9.17, 15) is 13.2 Å². The number of hydrogen-bond donors (Lipinski definition) is 2. The number of carbonyl (C=O) groups excluding carboxylic acids is 1. The van der Waals surface area contributed by atoms with Gasteiger partial charge in [-0.2, -0.15) is 0 Å². The van der Waals surface area contributed by atoms with Gasteiger partial charge in [-0.25, -0.2) is 13.1 Å². The predicted octanol–water partition coefficient (Wildman–Crippen LogP) is 3.62. The number of nitrogens with one attached hydrogen (secondary N) is 2. The molecule has 2 N–H and O–H groups in total. The van der Waals surface area contributed by atoms with Crippen molar-refractivity contribution in [2.75, 3.05) is 18.5 Å². The number of rotatable bonds is 8. The molecule has 27 heavy (non-hydrogen) atoms. The fraction of sp³-hybridized carbons (Fsp3) is 0.421. The highest BCUT2D eigenvalue weighted by molar-refractivity contribution is 7.91. The number of carbonyl (C=O) groups is 1. The molecule has 0 spiro atoms. The number of benzene rings is 1. The van der Waals surface area contributed by atoms with Crippen molar-refractivity contribution in [2.24, 2.45) is 5.92 Å². The molecule has 0 bridgehead atoms. The average Bonchev–Trinajstić information content (AvgIpc) is 3.23. The Bertz CT molecular complexity index is 827. The molecule has 1 saturated carbocycles. The first-order valence-electron chi connectivity index (χ1n) is 9.09. The molecule has 1 fully saturated rings. The number of amides is 1. The first-order valence-corrected chi connectivity index (χ1v) is 11.4. The number of hydrogen-bond acceptors (Lipinski definition) is 5. The Balaban J connectivity index is 1.44. The van der Waals surface area contributed by atoms with Crippen LogP contribution in [0, 0.1) is 5.92 Å². The van der Waals surface area contributed by atoms with Crippen molar-refractivity contribution in [2.45, 2.75) is 36.3 Å². The molecule has 1 aliphatic carbocycles. The Morgan fingerprint density at radius 2 is 1.85 bits per heavy atom. The molecule has 1 aromatic heterocycles. The van der Waals surface area contributed by atoms with Gasteiger partial charge in [0.05, 0.1) is 13.2 Å². The summed E-state index contributed by atoms with van der Waals surface area (Å²) in [6, 6.07) is 10.3. The zero-order chi connectivity index (χ0) is 19.1. The van der Waals surface area contributed by atoms with Gasteiger partial charge in [0.15, 0.2) is 0 Å². The van der Waals surface area contributed by atoms with Crippen LogP contribution in [0.15, 0.2) is 46.0 Å². The van der Waals surface area contributed by atoms with Gasteiger partial charge in [-0.15, -0.1) is 11.3 Å². The van der Waals surface area contributed by atoms with Crippen molar-refractivity contribution in [1.82, 2.24) is 4.72 Å². The van der Waals surface area contributed by atoms with Crippen molar-refractivity contribution < 1.29 is 17.9 Å². The van der Waals surface area contributed by atoms with Crippen LogP contribution in [0.3, 0.4) is 0 Å². The first-order chi connectivity index (χ1) is 13.0. The monoisotopic (exact) mass is 408 g/mol. The largest absolute Gasteiger partial charge is 0.493 e. The molecule has 0 radical (unpaired) electrons. The maximum atomic E-state index is 12.0. The Morgan fingerprint density at radius 1 is 1.11 bits per heavy atom. The van der Waals surface area contributed by atoms with Gasteiger partial charge < -0.3 is 10.1 Å². The summed E-state index contributed by atoms with van der Waals surface area (Å²) in [7, 11) is -3.64. The van der Waals surface area contributed by atoms with E-state index in [-0.39, 0.29) is 10.8 Å². The van der Waals surface area contributed by atoms with Gasteiger partial charge in [-0.05, 0) is 54.5 Å². The van der Waals surface area contributed by atoms with E-state index in [0.717, 1.165) is 23.7 Å². The van der Waals surface area contributed by atoms with Crippen LogP contribution in [0.25, 0.3) is 0 Å². The Morgan fingerprint density at radius 3 is 2.52 bits per heavy atom. The lowest BCUT2D eigenvalue weighted by molar-refractivity contribution is -0.115. The Hall–Kier alpha value is -1.90. The molecule has 0 saturated heterocycles. The molecule has 2 aromatic rings. The molecule has 1 heterocycles. The van der Waals surface area contributed by atoms with Gasteiger partial charge in [0.25, 0.3) is 10.0 Å². The van der Waals surface area contributed by atoms with Crippen molar-refractivity contribution in [3.63, 3.8) is 0 Å². The van der Waals surface area contributed by atoms with E-state index >= 15 is 0 Å². The van der Waals surface area contributed by atoms with Crippen LogP contribution >= 0.6 is 11.3 Å². The molecule has 0 aliphatic heterocycles. The third-order valence-corrected chi connectivity index (χ3v) is 7.33.